The number of hydrogen-bond acceptors (Lipinski definition) is 6. The Balaban J connectivity index is 0.000000196. The van der Waals surface area contributed by atoms with Gasteiger partial charge in [0.25, 0.3) is 0 Å². The van der Waals surface area contributed by atoms with Gasteiger partial charge in [-0.15, -0.1) is 0 Å². The van der Waals surface area contributed by atoms with E-state index in [9.17, 15) is 9.59 Å². The summed E-state index contributed by atoms with van der Waals surface area (Å²) in [5.74, 6) is 1.57. The molecule has 0 amide bonds. The highest BCUT2D eigenvalue weighted by Gasteiger charge is 2.42. The minimum absolute atomic E-state index is 0.0170. The summed E-state index contributed by atoms with van der Waals surface area (Å²) in [5, 5.41) is 0.309. The van der Waals surface area contributed by atoms with E-state index < -0.39 is 0 Å². The quantitative estimate of drug-likeness (QED) is 0.319. The molecule has 2 heterocycles. The summed E-state index contributed by atoms with van der Waals surface area (Å²) < 4.78 is 0. The molecule has 2 aliphatic rings. The maximum absolute atomic E-state index is 11.9. The van der Waals surface area contributed by atoms with Crippen LogP contribution in [0.4, 0.5) is 0 Å². The number of carbonyl (C=O) groups is 2. The highest BCUT2D eigenvalue weighted by atomic mass is 79.9. The van der Waals surface area contributed by atoms with E-state index in [0.717, 1.165) is 48.7 Å². The van der Waals surface area contributed by atoms with E-state index in [4.69, 9.17) is 0 Å². The van der Waals surface area contributed by atoms with Gasteiger partial charge in [-0.1, -0.05) is 71.3 Å². The van der Waals surface area contributed by atoms with Crippen molar-refractivity contribution in [2.24, 2.45) is 0 Å². The second-order valence-electron chi connectivity index (χ2n) is 12.7. The molecule has 2 aliphatic carbocycles. The van der Waals surface area contributed by atoms with Crippen molar-refractivity contribution >= 4 is 27.5 Å². The smallest absolute Gasteiger partial charge is 0.191 e. The summed E-state index contributed by atoms with van der Waals surface area (Å²) in [4.78, 5) is 41.5. The number of alkyl halides is 1. The molecule has 6 nitrogen and oxygen atoms in total. The monoisotopic (exact) mass is 542 g/mol. The van der Waals surface area contributed by atoms with E-state index >= 15 is 0 Å². The summed E-state index contributed by atoms with van der Waals surface area (Å²) in [6, 6.07) is 3.73. The molecule has 0 bridgehead atoms. The molecular weight excluding hydrogens is 504 g/mol. The molecule has 0 aromatic carbocycles. The minimum Gasteiger partial charge on any atom is -0.293 e. The zero-order chi connectivity index (χ0) is 26.4. The van der Waals surface area contributed by atoms with Gasteiger partial charge >= 0.3 is 0 Å². The molecule has 2 saturated carbocycles. The van der Waals surface area contributed by atoms with Crippen molar-refractivity contribution in [3.63, 3.8) is 0 Å². The molecule has 190 valence electrons. The van der Waals surface area contributed by atoms with Gasteiger partial charge in [0.1, 0.15) is 23.0 Å². The molecule has 2 aromatic heterocycles. The van der Waals surface area contributed by atoms with Gasteiger partial charge in [0.05, 0.1) is 16.7 Å². The molecule has 2 fully saturated rings. The first-order valence-corrected chi connectivity index (χ1v) is 13.5. The number of ketones is 2. The van der Waals surface area contributed by atoms with Gasteiger partial charge in [0.2, 0.25) is 0 Å². The Morgan fingerprint density at radius 2 is 1.14 bits per heavy atom. The molecule has 0 spiro atoms. The standard InChI is InChI=1S/C14H19BrN2O.C14H20N2O/c1-13(2,3)12-16-9(10(18)8-15)7-11(17-12)14(4)5-6-14;1-9(17)10-8-11(14(5)6-7-14)16-12(15-10)13(2,3)4/h7H,5-6,8H2,1-4H3;8H,6-7H2,1-5H3. The molecule has 4 rings (SSSR count). The molecule has 0 radical (unpaired) electrons. The number of aromatic nitrogens is 4. The van der Waals surface area contributed by atoms with Crippen LogP contribution in [0.5, 0.6) is 0 Å². The van der Waals surface area contributed by atoms with Crippen LogP contribution < -0.4 is 0 Å². The third-order valence-corrected chi connectivity index (χ3v) is 7.31. The zero-order valence-electron chi connectivity index (χ0n) is 22.7. The lowest BCUT2D eigenvalue weighted by Crippen LogP contribution is -2.21. The topological polar surface area (TPSA) is 85.7 Å². The third-order valence-electron chi connectivity index (χ3n) is 6.80. The van der Waals surface area contributed by atoms with Crippen LogP contribution in [0.15, 0.2) is 12.1 Å². The number of carbonyl (C=O) groups excluding carboxylic acids is 2. The SMILES string of the molecule is CC(=O)c1cc(C2(C)CC2)nc(C(C)(C)C)n1.CC(C)(C)c1nc(C(=O)CBr)cc(C2(C)CC2)n1. The van der Waals surface area contributed by atoms with Crippen molar-refractivity contribution in [3.05, 3.63) is 46.6 Å². The number of rotatable bonds is 5. The van der Waals surface area contributed by atoms with Gasteiger partial charge in [-0.05, 0) is 37.8 Å². The Morgan fingerprint density at radius 1 is 0.771 bits per heavy atom. The largest absolute Gasteiger partial charge is 0.293 e. The fourth-order valence-electron chi connectivity index (χ4n) is 3.46. The van der Waals surface area contributed by atoms with Gasteiger partial charge in [0, 0.05) is 28.6 Å². The van der Waals surface area contributed by atoms with Crippen LogP contribution in [-0.2, 0) is 21.7 Å². The van der Waals surface area contributed by atoms with Crippen LogP contribution >= 0.6 is 15.9 Å². The predicted molar refractivity (Wildman–Crippen MR) is 143 cm³/mol. The molecule has 7 heteroatoms. The highest BCUT2D eigenvalue weighted by molar-refractivity contribution is 9.09. The van der Waals surface area contributed by atoms with Crippen molar-refractivity contribution in [2.75, 3.05) is 5.33 Å². The molecule has 0 N–H and O–H groups in total. The van der Waals surface area contributed by atoms with E-state index in [-0.39, 0.29) is 33.2 Å². The van der Waals surface area contributed by atoms with E-state index in [2.05, 4.69) is 91.3 Å². The van der Waals surface area contributed by atoms with Crippen molar-refractivity contribution in [2.45, 2.75) is 110 Å². The number of hydrogen-bond donors (Lipinski definition) is 0. The van der Waals surface area contributed by atoms with Crippen LogP contribution in [0.2, 0.25) is 0 Å². The maximum Gasteiger partial charge on any atom is 0.191 e. The van der Waals surface area contributed by atoms with Crippen LogP contribution in [0.1, 0.15) is 132 Å². The first kappa shape index (κ1) is 27.6. The summed E-state index contributed by atoms with van der Waals surface area (Å²) in [6.07, 6.45) is 4.61. The minimum atomic E-state index is -0.136. The summed E-state index contributed by atoms with van der Waals surface area (Å²) in [6.45, 7) is 18.4. The summed E-state index contributed by atoms with van der Waals surface area (Å²) in [7, 11) is 0. The Kier molecular flexibility index (Phi) is 7.45. The highest BCUT2D eigenvalue weighted by Crippen LogP contribution is 2.47. The second-order valence-corrected chi connectivity index (χ2v) is 13.2. The predicted octanol–water partition coefficient (Wildman–Crippen LogP) is 6.43. The summed E-state index contributed by atoms with van der Waals surface area (Å²) >= 11 is 3.21. The third kappa shape index (κ3) is 6.60. The Hall–Kier alpha value is -2.02. The summed E-state index contributed by atoms with van der Waals surface area (Å²) in [5.41, 5.74) is 3.21. The van der Waals surface area contributed by atoms with E-state index in [1.165, 1.54) is 0 Å². The molecule has 2 aromatic rings. The van der Waals surface area contributed by atoms with Gasteiger partial charge in [0.15, 0.2) is 11.6 Å². The van der Waals surface area contributed by atoms with Crippen LogP contribution in [0.3, 0.4) is 0 Å². The molecule has 0 unspecified atom stereocenters. The Bertz CT molecular complexity index is 1090. The van der Waals surface area contributed by atoms with Gasteiger partial charge in [-0.3, -0.25) is 9.59 Å². The average Bonchev–Trinajstić information content (AvgIpc) is 3.70. The lowest BCUT2D eigenvalue weighted by atomic mass is 9.94. The van der Waals surface area contributed by atoms with Crippen LogP contribution in [0.25, 0.3) is 0 Å². The van der Waals surface area contributed by atoms with Crippen LogP contribution in [-0.4, -0.2) is 36.8 Å². The zero-order valence-corrected chi connectivity index (χ0v) is 24.3. The van der Waals surface area contributed by atoms with Gasteiger partial charge < -0.3 is 0 Å². The van der Waals surface area contributed by atoms with E-state index in [0.29, 0.717) is 16.7 Å². The van der Waals surface area contributed by atoms with E-state index in [1.807, 2.05) is 12.1 Å². The number of nitrogens with zero attached hydrogens (tertiary/aromatic N) is 4. The Morgan fingerprint density at radius 3 is 1.46 bits per heavy atom. The van der Waals surface area contributed by atoms with Crippen molar-refractivity contribution in [1.29, 1.82) is 0 Å². The lowest BCUT2D eigenvalue weighted by Gasteiger charge is -2.20. The molecule has 0 aliphatic heterocycles. The average molecular weight is 544 g/mol. The van der Waals surface area contributed by atoms with Gasteiger partial charge in [-0.2, -0.15) is 0 Å². The fraction of sp³-hybridized carbons (Fsp3) is 0.643. The molecular formula is C28H39BrN4O2. The first-order valence-electron chi connectivity index (χ1n) is 12.4. The normalized spacial score (nSPS) is 17.8. The molecule has 0 atom stereocenters. The molecule has 0 saturated heterocycles. The van der Waals surface area contributed by atoms with Crippen LogP contribution in [0, 0.1) is 0 Å². The maximum atomic E-state index is 11.9. The molecule has 35 heavy (non-hydrogen) atoms. The van der Waals surface area contributed by atoms with Crippen molar-refractivity contribution < 1.29 is 9.59 Å². The first-order chi connectivity index (χ1) is 16.0. The fourth-order valence-corrected chi connectivity index (χ4v) is 3.75. The van der Waals surface area contributed by atoms with Gasteiger partial charge in [-0.25, -0.2) is 19.9 Å². The van der Waals surface area contributed by atoms with E-state index in [1.54, 1.807) is 6.92 Å². The Labute approximate surface area is 218 Å². The lowest BCUT2D eigenvalue weighted by molar-refractivity contribution is 0.100. The number of halogens is 1. The second kappa shape index (κ2) is 9.45. The number of Topliss-reactive ketones (excluding diaryl/α,β-unsaturated/α-hetero) is 2. The van der Waals surface area contributed by atoms with Crippen molar-refractivity contribution in [3.8, 4) is 0 Å². The van der Waals surface area contributed by atoms with Crippen molar-refractivity contribution in [1.82, 2.24) is 19.9 Å².